The number of Topliss-reactive ketones (excluding diaryl/α,β-unsaturated/α-hetero) is 2. The number of aryl methyl sites for hydroxylation is 1. The third kappa shape index (κ3) is 4.49. The molecule has 47 heavy (non-hydrogen) atoms. The first-order valence-corrected chi connectivity index (χ1v) is 14.7. The number of hydrogen-bond acceptors (Lipinski definition) is 11. The Morgan fingerprint density at radius 1 is 0.830 bits per heavy atom. The Hall–Kier alpha value is -5.55. The summed E-state index contributed by atoms with van der Waals surface area (Å²) >= 11 is 0. The van der Waals surface area contributed by atoms with Gasteiger partial charge in [-0.1, -0.05) is 6.07 Å². The number of carbonyl (C=O) groups excluding carboxylic acids is 5. The van der Waals surface area contributed by atoms with E-state index in [9.17, 15) is 49.5 Å². The summed E-state index contributed by atoms with van der Waals surface area (Å²) in [5.41, 5.74) is -2.78. The highest BCUT2D eigenvalue weighted by Crippen LogP contribution is 2.52. The highest BCUT2D eigenvalue weighted by molar-refractivity contribution is 6.33. The maximum Gasteiger partial charge on any atom is 0.302 e. The highest BCUT2D eigenvalue weighted by atomic mass is 16.5. The van der Waals surface area contributed by atoms with Gasteiger partial charge in [-0.3, -0.25) is 24.0 Å². The van der Waals surface area contributed by atoms with E-state index >= 15 is 0 Å². The molecule has 2 aliphatic carbocycles. The lowest BCUT2D eigenvalue weighted by Gasteiger charge is -2.41. The molecule has 0 amide bonds. The van der Waals surface area contributed by atoms with Gasteiger partial charge in [-0.25, -0.2) is 0 Å². The van der Waals surface area contributed by atoms with Gasteiger partial charge in [0.25, 0.3) is 0 Å². The number of phenolic OH excluding ortho intramolecular Hbond substituents is 4. The molecule has 240 valence electrons. The summed E-state index contributed by atoms with van der Waals surface area (Å²) in [5, 5.41) is 56.4. The monoisotopic (exact) mass is 638 g/mol. The van der Waals surface area contributed by atoms with Crippen LogP contribution in [0.4, 0.5) is 0 Å². The maximum atomic E-state index is 13.7. The van der Waals surface area contributed by atoms with Crippen LogP contribution in [0.25, 0.3) is 21.9 Å². The number of phenols is 4. The molecule has 0 bridgehead atoms. The summed E-state index contributed by atoms with van der Waals surface area (Å²) in [6.45, 7) is 6.97. The van der Waals surface area contributed by atoms with Gasteiger partial charge in [-0.15, -0.1) is 0 Å². The fourth-order valence-electron chi connectivity index (χ4n) is 7.38. The highest BCUT2D eigenvalue weighted by Gasteiger charge is 2.47. The van der Waals surface area contributed by atoms with Crippen LogP contribution in [0.3, 0.4) is 0 Å². The topological polar surface area (TPSA) is 196 Å². The third-order valence-corrected chi connectivity index (χ3v) is 9.16. The molecule has 0 aromatic heterocycles. The van der Waals surface area contributed by atoms with Crippen molar-refractivity contribution in [1.29, 1.82) is 0 Å². The van der Waals surface area contributed by atoms with E-state index < -0.39 is 87.3 Å². The molecule has 0 heterocycles. The predicted octanol–water partition coefficient (Wildman–Crippen LogP) is 4.99. The lowest BCUT2D eigenvalue weighted by atomic mass is 9.69. The van der Waals surface area contributed by atoms with E-state index in [2.05, 4.69) is 0 Å². The number of hydrogen-bond donors (Lipinski definition) is 5. The molecule has 0 fully saturated rings. The van der Waals surface area contributed by atoms with E-state index in [4.69, 9.17) is 4.74 Å². The Bertz CT molecular complexity index is 2160. The van der Waals surface area contributed by atoms with Crippen LogP contribution in [0.5, 0.6) is 23.0 Å². The quantitative estimate of drug-likeness (QED) is 0.131. The Morgan fingerprint density at radius 2 is 1.45 bits per heavy atom. The lowest BCUT2D eigenvalue weighted by Crippen LogP contribution is -2.45. The van der Waals surface area contributed by atoms with Gasteiger partial charge in [0, 0.05) is 41.2 Å². The number of carbonyl (C=O) groups is 5. The first-order chi connectivity index (χ1) is 22.0. The van der Waals surface area contributed by atoms with Crippen LogP contribution < -0.4 is 0 Å². The van der Waals surface area contributed by atoms with Gasteiger partial charge in [0.2, 0.25) is 5.78 Å². The van der Waals surface area contributed by atoms with Crippen molar-refractivity contribution >= 4 is 39.9 Å². The van der Waals surface area contributed by atoms with Crippen LogP contribution in [-0.4, -0.2) is 66.3 Å². The fourth-order valence-corrected chi connectivity index (χ4v) is 7.38. The Labute approximate surface area is 267 Å². The lowest BCUT2D eigenvalue weighted by molar-refractivity contribution is -0.149. The average Bonchev–Trinajstić information content (AvgIpc) is 2.94. The minimum absolute atomic E-state index is 0.0168. The van der Waals surface area contributed by atoms with Crippen molar-refractivity contribution in [2.45, 2.75) is 58.7 Å². The number of benzene rings is 4. The summed E-state index contributed by atoms with van der Waals surface area (Å²) in [6, 6.07) is 8.15. The predicted molar refractivity (Wildman–Crippen MR) is 168 cm³/mol. The van der Waals surface area contributed by atoms with Crippen molar-refractivity contribution < 1.29 is 54.2 Å². The molecule has 0 radical (unpaired) electrons. The molecular weight excluding hydrogens is 608 g/mol. The molecule has 11 nitrogen and oxygen atoms in total. The van der Waals surface area contributed by atoms with Crippen LogP contribution in [0.15, 0.2) is 36.4 Å². The molecule has 11 heteroatoms. The fraction of sp³-hybridized carbons (Fsp3) is 0.250. The van der Waals surface area contributed by atoms with Crippen LogP contribution in [0.2, 0.25) is 0 Å². The van der Waals surface area contributed by atoms with Gasteiger partial charge < -0.3 is 30.3 Å². The average molecular weight is 639 g/mol. The number of fused-ring (bicyclic) bond motifs is 4. The van der Waals surface area contributed by atoms with Crippen LogP contribution >= 0.6 is 0 Å². The minimum atomic E-state index is -1.63. The second kappa shape index (κ2) is 10.5. The third-order valence-electron chi connectivity index (χ3n) is 9.16. The molecular formula is C36H30O11. The minimum Gasteiger partial charge on any atom is -0.507 e. The SMILES string of the molecule is CC(=O)O[C@@H](C)[C@@H]1c2cc3ccc(-c4ccc5c(c4O)C(=O)c4c(O)cc(C)c(C(C)=O)c4C5=O)c(O)c3c(O)c2C(=O)C[C@]1(C)O. The van der Waals surface area contributed by atoms with Crippen LogP contribution in [-0.2, 0) is 9.53 Å². The van der Waals surface area contributed by atoms with Gasteiger partial charge in [0.1, 0.15) is 29.1 Å². The van der Waals surface area contributed by atoms with E-state index in [0.29, 0.717) is 5.56 Å². The van der Waals surface area contributed by atoms with Gasteiger partial charge in [-0.2, -0.15) is 0 Å². The molecule has 2 aliphatic rings. The van der Waals surface area contributed by atoms with Crippen LogP contribution in [0.1, 0.15) is 104 Å². The molecule has 4 aromatic carbocycles. The van der Waals surface area contributed by atoms with Crippen molar-refractivity contribution in [3.63, 3.8) is 0 Å². The number of aromatic hydroxyl groups is 4. The molecule has 4 aromatic rings. The zero-order chi connectivity index (χ0) is 34.4. The van der Waals surface area contributed by atoms with Crippen LogP contribution in [0, 0.1) is 6.92 Å². The van der Waals surface area contributed by atoms with Gasteiger partial charge >= 0.3 is 5.97 Å². The first-order valence-electron chi connectivity index (χ1n) is 14.7. The second-order valence-corrected chi connectivity index (χ2v) is 12.4. The van der Waals surface area contributed by atoms with Crippen molar-refractivity contribution in [2.24, 2.45) is 0 Å². The number of rotatable bonds is 4. The molecule has 0 unspecified atom stereocenters. The molecule has 0 saturated carbocycles. The van der Waals surface area contributed by atoms with Gasteiger partial charge in [-0.05, 0) is 74.5 Å². The molecule has 6 rings (SSSR count). The smallest absolute Gasteiger partial charge is 0.302 e. The Morgan fingerprint density at radius 3 is 2.09 bits per heavy atom. The summed E-state index contributed by atoms with van der Waals surface area (Å²) in [5.74, 6) is -6.63. The van der Waals surface area contributed by atoms with Crippen molar-refractivity contribution in [2.75, 3.05) is 0 Å². The summed E-state index contributed by atoms with van der Waals surface area (Å²) < 4.78 is 5.35. The second-order valence-electron chi connectivity index (χ2n) is 12.4. The van der Waals surface area contributed by atoms with E-state index in [1.165, 1.54) is 64.1 Å². The maximum absolute atomic E-state index is 13.7. The van der Waals surface area contributed by atoms with E-state index in [-0.39, 0.29) is 49.7 Å². The van der Waals surface area contributed by atoms with Gasteiger partial charge in [0.15, 0.2) is 17.3 Å². The zero-order valence-electron chi connectivity index (χ0n) is 26.0. The molecule has 0 aliphatic heterocycles. The van der Waals surface area contributed by atoms with Crippen molar-refractivity contribution in [3.05, 3.63) is 80.9 Å². The largest absolute Gasteiger partial charge is 0.507 e. The number of esters is 1. The summed E-state index contributed by atoms with van der Waals surface area (Å²) in [6.07, 6.45) is -1.29. The number of ketones is 4. The molecule has 0 spiro atoms. The first kappa shape index (κ1) is 31.4. The van der Waals surface area contributed by atoms with E-state index in [1.807, 2.05) is 0 Å². The Kier molecular flexibility index (Phi) is 7.02. The molecule has 5 N–H and O–H groups in total. The van der Waals surface area contributed by atoms with E-state index in [0.717, 1.165) is 0 Å². The van der Waals surface area contributed by atoms with Crippen molar-refractivity contribution in [1.82, 2.24) is 0 Å². The van der Waals surface area contributed by atoms with E-state index in [1.54, 1.807) is 6.92 Å². The zero-order valence-corrected chi connectivity index (χ0v) is 26.0. The summed E-state index contributed by atoms with van der Waals surface area (Å²) in [7, 11) is 0. The Balaban J connectivity index is 1.55. The molecule has 3 atom stereocenters. The standard InChI is InChI=1S/C36H30O11/c1-13-10-22(39)28-29(24(13)14(2)37)33(43)20-9-8-19(32(42)27(20)35(28)45)18-7-6-17-11-21-26(34(44)25(17)31(18)41)23(40)12-36(5,46)30(21)15(3)47-16(4)38/h6-11,15,30,39,41-42,44,46H,12H2,1-5H3/t15-,30+,36-/m0/s1. The van der Waals surface area contributed by atoms with Gasteiger partial charge in [0.05, 0.1) is 33.6 Å². The number of aliphatic hydroxyl groups is 1. The summed E-state index contributed by atoms with van der Waals surface area (Å²) in [4.78, 5) is 64.8. The molecule has 0 saturated heterocycles. The normalized spacial score (nSPS) is 19.2. The number of ether oxygens (including phenoxy) is 1. The van der Waals surface area contributed by atoms with Crippen molar-refractivity contribution in [3.8, 4) is 34.1 Å².